The number of phenols is 2. The molecule has 5 rings (SSSR count). The molecule has 3 nitrogen and oxygen atoms in total. The third-order valence-corrected chi connectivity index (χ3v) is 7.22. The lowest BCUT2D eigenvalue weighted by Crippen LogP contribution is -2.25. The molecule has 0 fully saturated rings. The summed E-state index contributed by atoms with van der Waals surface area (Å²) in [6.07, 6.45) is 4.60. The van der Waals surface area contributed by atoms with Crippen molar-refractivity contribution in [2.24, 2.45) is 5.92 Å². The molecule has 0 heterocycles. The molecule has 0 spiro atoms. The van der Waals surface area contributed by atoms with Gasteiger partial charge >= 0.3 is 0 Å². The third kappa shape index (κ3) is 4.39. The van der Waals surface area contributed by atoms with Crippen molar-refractivity contribution in [1.82, 2.24) is 0 Å². The van der Waals surface area contributed by atoms with E-state index in [0.29, 0.717) is 5.92 Å². The smallest absolute Gasteiger partial charge is 0.121 e. The quantitative estimate of drug-likeness (QED) is 0.226. The van der Waals surface area contributed by atoms with E-state index in [2.05, 4.69) is 85.5 Å². The monoisotopic (exact) mass is 463 g/mol. The largest absolute Gasteiger partial charge is 0.508 e. The van der Waals surface area contributed by atoms with Crippen molar-refractivity contribution >= 4 is 43.7 Å². The highest BCUT2D eigenvalue weighted by Gasteiger charge is 2.21. The van der Waals surface area contributed by atoms with Crippen LogP contribution >= 0.6 is 0 Å². The summed E-state index contributed by atoms with van der Waals surface area (Å²) in [5.41, 5.74) is 1.91. The molecule has 0 saturated heterocycles. The van der Waals surface area contributed by atoms with Gasteiger partial charge in [-0.1, -0.05) is 93.8 Å². The van der Waals surface area contributed by atoms with Crippen molar-refractivity contribution in [3.8, 4) is 11.5 Å². The van der Waals surface area contributed by atoms with E-state index in [1.807, 2.05) is 0 Å². The number of anilines is 2. The summed E-state index contributed by atoms with van der Waals surface area (Å²) in [6, 6.07) is 28.7. The van der Waals surface area contributed by atoms with Crippen LogP contribution in [0.3, 0.4) is 0 Å². The highest BCUT2D eigenvalue weighted by atomic mass is 16.3. The minimum atomic E-state index is 0.0714. The van der Waals surface area contributed by atoms with Gasteiger partial charge in [-0.2, -0.15) is 0 Å². The van der Waals surface area contributed by atoms with Crippen molar-refractivity contribution < 1.29 is 10.2 Å². The van der Waals surface area contributed by atoms with E-state index in [0.717, 1.165) is 30.8 Å². The maximum atomic E-state index is 10.4. The fraction of sp³-hybridized carbons (Fsp3) is 0.250. The van der Waals surface area contributed by atoms with E-state index in [-0.39, 0.29) is 11.5 Å². The normalized spacial score (nSPS) is 12.4. The SMILES string of the molecule is CCCCC(CC)CN(c1cc(O)cc(O)c1)c1cccc2c3ccccc3c3ccccc3c12. The van der Waals surface area contributed by atoms with Gasteiger partial charge in [0.15, 0.2) is 0 Å². The van der Waals surface area contributed by atoms with Crippen LogP contribution in [0.1, 0.15) is 39.5 Å². The van der Waals surface area contributed by atoms with Gasteiger partial charge in [-0.05, 0) is 45.3 Å². The number of rotatable bonds is 8. The van der Waals surface area contributed by atoms with Crippen molar-refractivity contribution in [2.45, 2.75) is 39.5 Å². The Morgan fingerprint density at radius 3 is 1.80 bits per heavy atom. The van der Waals surface area contributed by atoms with Gasteiger partial charge in [-0.3, -0.25) is 0 Å². The number of hydrogen-bond acceptors (Lipinski definition) is 3. The van der Waals surface area contributed by atoms with Gasteiger partial charge in [0.25, 0.3) is 0 Å². The lowest BCUT2D eigenvalue weighted by atomic mass is 9.92. The molecule has 5 aromatic carbocycles. The molecule has 1 unspecified atom stereocenters. The summed E-state index contributed by atoms with van der Waals surface area (Å²) in [5.74, 6) is 0.644. The Labute approximate surface area is 207 Å². The minimum Gasteiger partial charge on any atom is -0.508 e. The van der Waals surface area contributed by atoms with Gasteiger partial charge in [0.05, 0.1) is 0 Å². The summed E-state index contributed by atoms with van der Waals surface area (Å²) in [4.78, 5) is 2.30. The average Bonchev–Trinajstić information content (AvgIpc) is 2.88. The number of benzene rings is 5. The van der Waals surface area contributed by atoms with E-state index >= 15 is 0 Å². The molecular formula is C32H33NO2. The minimum absolute atomic E-state index is 0.0714. The van der Waals surface area contributed by atoms with Crippen LogP contribution in [0.15, 0.2) is 84.9 Å². The molecule has 35 heavy (non-hydrogen) atoms. The maximum Gasteiger partial charge on any atom is 0.121 e. The van der Waals surface area contributed by atoms with Crippen molar-refractivity contribution in [3.63, 3.8) is 0 Å². The van der Waals surface area contributed by atoms with Crippen LogP contribution in [0.5, 0.6) is 11.5 Å². The van der Waals surface area contributed by atoms with Crippen LogP contribution in [0.2, 0.25) is 0 Å². The molecule has 178 valence electrons. The number of hydrogen-bond donors (Lipinski definition) is 2. The molecule has 0 aromatic heterocycles. The number of nitrogens with zero attached hydrogens (tertiary/aromatic N) is 1. The Morgan fingerprint density at radius 1 is 0.686 bits per heavy atom. The van der Waals surface area contributed by atoms with Gasteiger partial charge in [-0.15, -0.1) is 0 Å². The first-order valence-electron chi connectivity index (χ1n) is 12.7. The maximum absolute atomic E-state index is 10.4. The van der Waals surface area contributed by atoms with Crippen LogP contribution in [-0.4, -0.2) is 16.8 Å². The van der Waals surface area contributed by atoms with E-state index in [4.69, 9.17) is 0 Å². The summed E-state index contributed by atoms with van der Waals surface area (Å²) >= 11 is 0. The molecule has 0 radical (unpaired) electrons. The Balaban J connectivity index is 1.81. The van der Waals surface area contributed by atoms with E-state index in [9.17, 15) is 10.2 Å². The summed E-state index contributed by atoms with van der Waals surface area (Å²) in [5, 5.41) is 28.1. The van der Waals surface area contributed by atoms with Crippen LogP contribution < -0.4 is 4.90 Å². The van der Waals surface area contributed by atoms with E-state index in [1.54, 1.807) is 12.1 Å². The molecule has 0 aliphatic rings. The molecule has 0 saturated carbocycles. The standard InChI is InChI=1S/C32H33NO2/c1-3-5-11-22(4-2)21-33(23-18-24(34)20-25(35)19-23)31-17-10-16-30-28-13-7-6-12-26(28)27-14-8-9-15-29(27)32(30)31/h6-10,12-20,22,34-35H,3-5,11,21H2,1-2H3. The van der Waals surface area contributed by atoms with Gasteiger partial charge in [0, 0.05) is 41.5 Å². The zero-order chi connectivity index (χ0) is 24.4. The Bertz CT molecular complexity index is 1420. The Kier molecular flexibility index (Phi) is 6.50. The lowest BCUT2D eigenvalue weighted by Gasteiger charge is -2.31. The first-order valence-corrected chi connectivity index (χ1v) is 12.7. The molecule has 0 aliphatic heterocycles. The fourth-order valence-electron chi connectivity index (χ4n) is 5.42. The predicted molar refractivity (Wildman–Crippen MR) is 149 cm³/mol. The molecular weight excluding hydrogens is 430 g/mol. The zero-order valence-corrected chi connectivity index (χ0v) is 20.5. The van der Waals surface area contributed by atoms with Crippen molar-refractivity contribution in [2.75, 3.05) is 11.4 Å². The van der Waals surface area contributed by atoms with Crippen LogP contribution in [0, 0.1) is 5.92 Å². The summed E-state index contributed by atoms with van der Waals surface area (Å²) in [7, 11) is 0. The zero-order valence-electron chi connectivity index (χ0n) is 20.5. The van der Waals surface area contributed by atoms with Gasteiger partial charge in [-0.25, -0.2) is 0 Å². The molecule has 0 aliphatic carbocycles. The van der Waals surface area contributed by atoms with Gasteiger partial charge in [0.2, 0.25) is 0 Å². The number of aromatic hydroxyl groups is 2. The van der Waals surface area contributed by atoms with Gasteiger partial charge in [0.1, 0.15) is 11.5 Å². The molecule has 2 N–H and O–H groups in total. The van der Waals surface area contributed by atoms with E-state index < -0.39 is 0 Å². The second kappa shape index (κ2) is 9.87. The van der Waals surface area contributed by atoms with E-state index in [1.165, 1.54) is 51.2 Å². The molecule has 0 bridgehead atoms. The molecule has 5 aromatic rings. The predicted octanol–water partition coefficient (Wildman–Crippen LogP) is 8.91. The Morgan fingerprint density at radius 2 is 1.23 bits per heavy atom. The number of unbranched alkanes of at least 4 members (excludes halogenated alkanes) is 1. The Hall–Kier alpha value is -3.72. The molecule has 0 amide bonds. The highest BCUT2D eigenvalue weighted by molar-refractivity contribution is 6.28. The third-order valence-electron chi connectivity index (χ3n) is 7.22. The highest BCUT2D eigenvalue weighted by Crippen LogP contribution is 2.43. The average molecular weight is 464 g/mol. The van der Waals surface area contributed by atoms with Gasteiger partial charge < -0.3 is 15.1 Å². The summed E-state index contributed by atoms with van der Waals surface area (Å²) < 4.78 is 0. The number of phenolic OH excluding ortho intramolecular Hbond substituents is 2. The van der Waals surface area contributed by atoms with Crippen LogP contribution in [-0.2, 0) is 0 Å². The fourth-order valence-corrected chi connectivity index (χ4v) is 5.42. The first kappa shape index (κ1) is 23.0. The number of fused-ring (bicyclic) bond motifs is 6. The van der Waals surface area contributed by atoms with Crippen molar-refractivity contribution in [1.29, 1.82) is 0 Å². The molecule has 1 atom stereocenters. The topological polar surface area (TPSA) is 43.7 Å². The summed E-state index contributed by atoms with van der Waals surface area (Å²) in [6.45, 7) is 5.31. The second-order valence-corrected chi connectivity index (χ2v) is 9.53. The lowest BCUT2D eigenvalue weighted by molar-refractivity contribution is 0.447. The first-order chi connectivity index (χ1) is 17.1. The van der Waals surface area contributed by atoms with Crippen LogP contribution in [0.4, 0.5) is 11.4 Å². The second-order valence-electron chi connectivity index (χ2n) is 9.53. The molecule has 3 heteroatoms. The van der Waals surface area contributed by atoms with Crippen molar-refractivity contribution in [3.05, 3.63) is 84.9 Å². The van der Waals surface area contributed by atoms with Crippen LogP contribution in [0.25, 0.3) is 32.3 Å².